The molecule has 0 radical (unpaired) electrons. The van der Waals surface area contributed by atoms with E-state index < -0.39 is 16.4 Å². The molecule has 1 fully saturated rings. The lowest BCUT2D eigenvalue weighted by Gasteiger charge is -2.39. The molecule has 5 rings (SSSR count). The molecular weight excluding hydrogens is 508 g/mol. The van der Waals surface area contributed by atoms with Crippen LogP contribution in [0.15, 0.2) is 84.0 Å². The number of benzene rings is 3. The normalized spacial score (nSPS) is 17.1. The first-order chi connectivity index (χ1) is 19.4. The van der Waals surface area contributed by atoms with Crippen LogP contribution in [0.25, 0.3) is 0 Å². The molecule has 0 aliphatic carbocycles. The van der Waals surface area contributed by atoms with Crippen LogP contribution < -0.4 is 15.2 Å². The van der Waals surface area contributed by atoms with E-state index in [0.717, 1.165) is 30.6 Å². The van der Waals surface area contributed by atoms with Crippen molar-refractivity contribution in [2.75, 3.05) is 15.2 Å². The monoisotopic (exact) mass is 538 g/mol. The summed E-state index contributed by atoms with van der Waals surface area (Å²) in [7, 11) is 0. The highest BCUT2D eigenvalue weighted by molar-refractivity contribution is 5.86. The molecule has 0 spiro atoms. The zero-order valence-corrected chi connectivity index (χ0v) is 22.3. The summed E-state index contributed by atoms with van der Waals surface area (Å²) in [6.07, 6.45) is 4.49. The molecule has 40 heavy (non-hydrogen) atoms. The summed E-state index contributed by atoms with van der Waals surface area (Å²) in [6.45, 7) is 4.34. The van der Waals surface area contributed by atoms with Crippen LogP contribution in [0, 0.1) is 10.1 Å². The molecule has 4 aromatic rings. The van der Waals surface area contributed by atoms with Crippen molar-refractivity contribution in [2.45, 2.75) is 45.2 Å². The topological polar surface area (TPSA) is 133 Å². The average Bonchev–Trinajstić information content (AvgIpc) is 2.95. The number of phenolic OH excluding ortho intramolecular Hbond substituents is 1. The summed E-state index contributed by atoms with van der Waals surface area (Å²) in [4.78, 5) is 29.1. The van der Waals surface area contributed by atoms with Gasteiger partial charge in [0.15, 0.2) is 0 Å². The summed E-state index contributed by atoms with van der Waals surface area (Å²) >= 11 is 0. The average molecular weight is 539 g/mol. The first-order valence-electron chi connectivity index (χ1n) is 13.1. The fraction of sp³-hybridized carbons (Fsp3) is 0.241. The van der Waals surface area contributed by atoms with E-state index in [1.165, 1.54) is 24.4 Å². The van der Waals surface area contributed by atoms with Crippen molar-refractivity contribution in [2.24, 2.45) is 5.10 Å². The van der Waals surface area contributed by atoms with Gasteiger partial charge in [0.1, 0.15) is 0 Å². The Morgan fingerprint density at radius 1 is 0.950 bits per heavy atom. The van der Waals surface area contributed by atoms with E-state index in [1.807, 2.05) is 65.6 Å². The van der Waals surface area contributed by atoms with Gasteiger partial charge in [-0.25, -0.2) is 5.43 Å². The maximum Gasteiger partial charge on any atom is 0.311 e. The van der Waals surface area contributed by atoms with E-state index in [-0.39, 0.29) is 23.6 Å². The summed E-state index contributed by atoms with van der Waals surface area (Å²) in [6, 6.07) is 24.4. The van der Waals surface area contributed by atoms with E-state index in [1.54, 1.807) is 0 Å². The first-order valence-corrected chi connectivity index (χ1v) is 13.1. The predicted molar refractivity (Wildman–Crippen MR) is 156 cm³/mol. The molecule has 0 amide bonds. The van der Waals surface area contributed by atoms with Gasteiger partial charge in [-0.15, -0.1) is 0 Å². The predicted octanol–water partition coefficient (Wildman–Crippen LogP) is 6.17. The second-order valence-electron chi connectivity index (χ2n) is 9.64. The summed E-state index contributed by atoms with van der Waals surface area (Å²) < 4.78 is 0. The van der Waals surface area contributed by atoms with Crippen LogP contribution in [0.3, 0.4) is 0 Å². The van der Waals surface area contributed by atoms with Crippen LogP contribution in [0.5, 0.6) is 5.75 Å². The number of aromatic hydroxyl groups is 1. The van der Waals surface area contributed by atoms with Crippen molar-refractivity contribution in [1.82, 2.24) is 15.0 Å². The lowest BCUT2D eigenvalue weighted by atomic mass is 9.98. The van der Waals surface area contributed by atoms with Gasteiger partial charge in [0, 0.05) is 35.1 Å². The second kappa shape index (κ2) is 11.8. The number of rotatable bonds is 8. The van der Waals surface area contributed by atoms with Crippen molar-refractivity contribution in [3.63, 3.8) is 0 Å². The summed E-state index contributed by atoms with van der Waals surface area (Å²) in [5, 5.41) is 25.7. The van der Waals surface area contributed by atoms with Gasteiger partial charge in [0.05, 0.1) is 11.1 Å². The van der Waals surface area contributed by atoms with Gasteiger partial charge in [-0.2, -0.15) is 20.1 Å². The molecule has 3 aromatic carbocycles. The molecule has 11 heteroatoms. The Balaban J connectivity index is 1.58. The number of nitro benzene ring substituents is 1. The number of nitrogens with one attached hydrogen (secondary N) is 1. The fourth-order valence-corrected chi connectivity index (χ4v) is 4.93. The smallest absolute Gasteiger partial charge is 0.311 e. The number of anilines is 5. The van der Waals surface area contributed by atoms with Gasteiger partial charge < -0.3 is 10.0 Å². The lowest BCUT2D eigenvalue weighted by Crippen LogP contribution is -2.45. The van der Waals surface area contributed by atoms with Gasteiger partial charge in [-0.05, 0) is 63.4 Å². The Morgan fingerprint density at radius 3 is 2.17 bits per heavy atom. The number of para-hydroxylation sites is 3. The molecule has 1 saturated heterocycles. The van der Waals surface area contributed by atoms with Gasteiger partial charge in [-0.3, -0.25) is 15.0 Å². The molecule has 204 valence electrons. The van der Waals surface area contributed by atoms with Crippen LogP contribution in [-0.4, -0.2) is 43.3 Å². The molecule has 2 heterocycles. The number of nitrogens with zero attached hydrogens (tertiary/aromatic N) is 7. The number of aromatic nitrogens is 3. The molecule has 1 aliphatic rings. The minimum Gasteiger partial charge on any atom is -0.502 e. The maximum atomic E-state index is 11.2. The molecule has 0 saturated carbocycles. The molecule has 11 nitrogen and oxygen atoms in total. The number of nitro groups is 1. The van der Waals surface area contributed by atoms with E-state index >= 15 is 0 Å². The van der Waals surface area contributed by atoms with Crippen LogP contribution >= 0.6 is 0 Å². The van der Waals surface area contributed by atoms with Gasteiger partial charge in [0.2, 0.25) is 23.6 Å². The largest absolute Gasteiger partial charge is 0.502 e. The Kier molecular flexibility index (Phi) is 7.81. The van der Waals surface area contributed by atoms with Crippen molar-refractivity contribution in [3.05, 3.63) is 94.5 Å². The molecule has 2 N–H and O–H groups in total. The van der Waals surface area contributed by atoms with Crippen molar-refractivity contribution < 1.29 is 10.0 Å². The summed E-state index contributed by atoms with van der Waals surface area (Å²) in [5.41, 5.74) is 4.39. The number of phenols is 1. The van der Waals surface area contributed by atoms with E-state index in [9.17, 15) is 15.2 Å². The zero-order chi connectivity index (χ0) is 28.1. The molecule has 1 aliphatic heterocycles. The van der Waals surface area contributed by atoms with Crippen molar-refractivity contribution in [1.29, 1.82) is 0 Å². The van der Waals surface area contributed by atoms with Crippen molar-refractivity contribution >= 4 is 41.1 Å². The quantitative estimate of drug-likeness (QED) is 0.153. The maximum absolute atomic E-state index is 11.2. The number of hydrogen-bond donors (Lipinski definition) is 2. The Morgan fingerprint density at radius 2 is 1.57 bits per heavy atom. The van der Waals surface area contributed by atoms with E-state index in [0.29, 0.717) is 11.9 Å². The zero-order valence-electron chi connectivity index (χ0n) is 22.3. The first kappa shape index (κ1) is 26.5. The number of hydrazone groups is 1. The SMILES string of the molecule is C[C@@H]1CCC[C@H](C)N1c1nc(N/N=C\c2cccc([N+](=O)[O-])c2O)nc(N(c2ccccc2)c2ccccc2)n1. The third kappa shape index (κ3) is 5.68. The number of piperidine rings is 1. The standard InChI is InChI=1S/C29H30N8O3/c1-20-11-9-12-21(2)35(20)28-31-27(34-30-19-22-13-10-18-25(26(22)38)37(39)40)32-29(33-28)36(23-14-5-3-6-15-23)24-16-7-4-8-17-24/h3-8,10,13-21,38H,9,11-12H2,1-2H3,(H,31,32,33,34)/b30-19-/t20-,21+. The number of hydrogen-bond acceptors (Lipinski definition) is 10. The molecule has 1 aromatic heterocycles. The Hall–Kier alpha value is -5.06. The van der Waals surface area contributed by atoms with Crippen LogP contribution in [-0.2, 0) is 0 Å². The molecule has 2 atom stereocenters. The van der Waals surface area contributed by atoms with Gasteiger partial charge >= 0.3 is 5.69 Å². The molecule has 0 bridgehead atoms. The minimum absolute atomic E-state index is 0.185. The molecule has 0 unspecified atom stereocenters. The molecular formula is C29H30N8O3. The Bertz CT molecular complexity index is 1450. The highest BCUT2D eigenvalue weighted by Gasteiger charge is 2.29. The van der Waals surface area contributed by atoms with E-state index in [2.05, 4.69) is 29.3 Å². The van der Waals surface area contributed by atoms with Crippen LogP contribution in [0.1, 0.15) is 38.7 Å². The third-order valence-corrected chi connectivity index (χ3v) is 6.88. The highest BCUT2D eigenvalue weighted by Crippen LogP contribution is 2.35. The van der Waals surface area contributed by atoms with E-state index in [4.69, 9.17) is 15.0 Å². The lowest BCUT2D eigenvalue weighted by molar-refractivity contribution is -0.385. The third-order valence-electron chi connectivity index (χ3n) is 6.88. The van der Waals surface area contributed by atoms with Crippen LogP contribution in [0.2, 0.25) is 0 Å². The second-order valence-corrected chi connectivity index (χ2v) is 9.64. The van der Waals surface area contributed by atoms with Crippen molar-refractivity contribution in [3.8, 4) is 5.75 Å². The van der Waals surface area contributed by atoms with Gasteiger partial charge in [-0.1, -0.05) is 42.5 Å². The summed E-state index contributed by atoms with van der Waals surface area (Å²) in [5.74, 6) is 0.661. The Labute approximate surface area is 232 Å². The fourth-order valence-electron chi connectivity index (χ4n) is 4.93. The highest BCUT2D eigenvalue weighted by atomic mass is 16.6. The minimum atomic E-state index is -0.646. The van der Waals surface area contributed by atoms with Gasteiger partial charge in [0.25, 0.3) is 0 Å². The van der Waals surface area contributed by atoms with Crippen LogP contribution in [0.4, 0.5) is 34.9 Å².